The number of esters is 1. The van der Waals surface area contributed by atoms with Gasteiger partial charge in [-0.25, -0.2) is 0 Å². The standard InChI is InChI=1S/C14H26O3/c1-5-8-12(11(4)15)13(9-6-2)14(16)17-10-7-3/h12-13H,5-10H2,1-4H3. The van der Waals surface area contributed by atoms with E-state index in [0.29, 0.717) is 6.61 Å². The Labute approximate surface area is 105 Å². The Kier molecular flexibility index (Phi) is 8.73. The summed E-state index contributed by atoms with van der Waals surface area (Å²) < 4.78 is 5.19. The van der Waals surface area contributed by atoms with Gasteiger partial charge >= 0.3 is 5.97 Å². The molecule has 0 saturated carbocycles. The van der Waals surface area contributed by atoms with Crippen molar-refractivity contribution in [2.45, 2.75) is 59.8 Å². The minimum atomic E-state index is -0.246. The number of hydrogen-bond acceptors (Lipinski definition) is 3. The van der Waals surface area contributed by atoms with Crippen molar-refractivity contribution in [1.82, 2.24) is 0 Å². The number of carbonyl (C=O) groups excluding carboxylic acids is 2. The van der Waals surface area contributed by atoms with E-state index in [4.69, 9.17) is 4.74 Å². The first kappa shape index (κ1) is 16.1. The Morgan fingerprint density at radius 2 is 1.47 bits per heavy atom. The lowest BCUT2D eigenvalue weighted by atomic mass is 9.83. The summed E-state index contributed by atoms with van der Waals surface area (Å²) in [5, 5.41) is 0. The molecule has 0 aromatic rings. The Bertz CT molecular complexity index is 236. The highest BCUT2D eigenvalue weighted by atomic mass is 16.5. The Morgan fingerprint density at radius 3 is 1.88 bits per heavy atom. The van der Waals surface area contributed by atoms with Gasteiger partial charge in [0.1, 0.15) is 5.78 Å². The van der Waals surface area contributed by atoms with Crippen molar-refractivity contribution in [3.8, 4) is 0 Å². The summed E-state index contributed by atoms with van der Waals surface area (Å²) in [6, 6.07) is 0. The van der Waals surface area contributed by atoms with E-state index in [0.717, 1.165) is 32.1 Å². The maximum absolute atomic E-state index is 11.9. The van der Waals surface area contributed by atoms with E-state index in [1.54, 1.807) is 6.92 Å². The summed E-state index contributed by atoms with van der Waals surface area (Å²) >= 11 is 0. The quantitative estimate of drug-likeness (QED) is 0.582. The van der Waals surface area contributed by atoms with Crippen LogP contribution in [0.15, 0.2) is 0 Å². The molecule has 0 rings (SSSR count). The van der Waals surface area contributed by atoms with Crippen LogP contribution < -0.4 is 0 Å². The highest BCUT2D eigenvalue weighted by molar-refractivity contribution is 5.85. The van der Waals surface area contributed by atoms with E-state index in [1.165, 1.54) is 0 Å². The molecular weight excluding hydrogens is 216 g/mol. The highest BCUT2D eigenvalue weighted by Crippen LogP contribution is 2.25. The smallest absolute Gasteiger partial charge is 0.309 e. The SMILES string of the molecule is CCCOC(=O)C(CCC)C(CCC)C(C)=O. The second-order valence-electron chi connectivity index (χ2n) is 4.57. The zero-order valence-electron chi connectivity index (χ0n) is 11.6. The van der Waals surface area contributed by atoms with Crippen molar-refractivity contribution < 1.29 is 14.3 Å². The van der Waals surface area contributed by atoms with Crippen LogP contribution in [0.2, 0.25) is 0 Å². The van der Waals surface area contributed by atoms with E-state index in [9.17, 15) is 9.59 Å². The third-order valence-electron chi connectivity index (χ3n) is 2.96. The van der Waals surface area contributed by atoms with Crippen LogP contribution in [-0.2, 0) is 14.3 Å². The first-order valence-electron chi connectivity index (χ1n) is 6.75. The van der Waals surface area contributed by atoms with Crippen molar-refractivity contribution in [2.24, 2.45) is 11.8 Å². The van der Waals surface area contributed by atoms with Crippen LogP contribution in [-0.4, -0.2) is 18.4 Å². The molecule has 3 nitrogen and oxygen atoms in total. The summed E-state index contributed by atoms with van der Waals surface area (Å²) in [5.74, 6) is -0.491. The molecule has 3 heteroatoms. The topological polar surface area (TPSA) is 43.4 Å². The van der Waals surface area contributed by atoms with Gasteiger partial charge in [0.15, 0.2) is 0 Å². The van der Waals surface area contributed by atoms with E-state index in [-0.39, 0.29) is 23.6 Å². The van der Waals surface area contributed by atoms with Crippen LogP contribution in [0.5, 0.6) is 0 Å². The van der Waals surface area contributed by atoms with E-state index >= 15 is 0 Å². The molecule has 0 aliphatic carbocycles. The Hall–Kier alpha value is -0.860. The minimum absolute atomic E-state index is 0.110. The first-order valence-corrected chi connectivity index (χ1v) is 6.75. The van der Waals surface area contributed by atoms with Crippen LogP contribution in [0.1, 0.15) is 59.8 Å². The second-order valence-corrected chi connectivity index (χ2v) is 4.57. The van der Waals surface area contributed by atoms with Gasteiger partial charge in [0.05, 0.1) is 12.5 Å². The highest BCUT2D eigenvalue weighted by Gasteiger charge is 2.31. The Morgan fingerprint density at radius 1 is 0.941 bits per heavy atom. The van der Waals surface area contributed by atoms with Crippen LogP contribution >= 0.6 is 0 Å². The number of Topliss-reactive ketones (excluding diaryl/α,β-unsaturated/α-hetero) is 1. The molecule has 0 spiro atoms. The molecular formula is C14H26O3. The van der Waals surface area contributed by atoms with Crippen molar-refractivity contribution >= 4 is 11.8 Å². The lowest BCUT2D eigenvalue weighted by Gasteiger charge is -2.23. The zero-order chi connectivity index (χ0) is 13.3. The summed E-state index contributed by atoms with van der Waals surface area (Å²) in [7, 11) is 0. The molecule has 100 valence electrons. The van der Waals surface area contributed by atoms with Gasteiger partial charge < -0.3 is 4.74 Å². The van der Waals surface area contributed by atoms with Crippen LogP contribution in [0.4, 0.5) is 0 Å². The van der Waals surface area contributed by atoms with Crippen LogP contribution in [0.25, 0.3) is 0 Å². The molecule has 0 aromatic carbocycles. The zero-order valence-corrected chi connectivity index (χ0v) is 11.6. The number of ether oxygens (including phenoxy) is 1. The molecule has 0 amide bonds. The van der Waals surface area contributed by atoms with Gasteiger partial charge in [0, 0.05) is 5.92 Å². The van der Waals surface area contributed by atoms with Gasteiger partial charge in [-0.3, -0.25) is 9.59 Å². The fourth-order valence-corrected chi connectivity index (χ4v) is 2.10. The summed E-state index contributed by atoms with van der Waals surface area (Å²) in [6.07, 6.45) is 4.17. The van der Waals surface area contributed by atoms with Crippen LogP contribution in [0, 0.1) is 11.8 Å². The molecule has 0 fully saturated rings. The number of rotatable bonds is 9. The van der Waals surface area contributed by atoms with Crippen LogP contribution in [0.3, 0.4) is 0 Å². The van der Waals surface area contributed by atoms with E-state index in [1.807, 2.05) is 20.8 Å². The van der Waals surface area contributed by atoms with Gasteiger partial charge in [-0.1, -0.05) is 33.6 Å². The fraction of sp³-hybridized carbons (Fsp3) is 0.857. The maximum Gasteiger partial charge on any atom is 0.309 e. The lowest BCUT2D eigenvalue weighted by molar-refractivity contribution is -0.153. The molecule has 0 saturated heterocycles. The largest absolute Gasteiger partial charge is 0.465 e. The molecule has 0 aromatic heterocycles. The number of hydrogen-bond donors (Lipinski definition) is 0. The first-order chi connectivity index (χ1) is 8.08. The normalized spacial score (nSPS) is 14.1. The van der Waals surface area contributed by atoms with E-state index in [2.05, 4.69) is 0 Å². The van der Waals surface area contributed by atoms with Gasteiger partial charge in [-0.05, 0) is 26.2 Å². The average Bonchev–Trinajstić information content (AvgIpc) is 2.30. The van der Waals surface area contributed by atoms with Gasteiger partial charge in [0.2, 0.25) is 0 Å². The molecule has 0 heterocycles. The summed E-state index contributed by atoms with van der Waals surface area (Å²) in [5.41, 5.74) is 0. The monoisotopic (exact) mass is 242 g/mol. The van der Waals surface area contributed by atoms with Crippen molar-refractivity contribution in [3.05, 3.63) is 0 Å². The second kappa shape index (κ2) is 9.20. The lowest BCUT2D eigenvalue weighted by Crippen LogP contribution is -2.30. The van der Waals surface area contributed by atoms with Gasteiger partial charge in [0.25, 0.3) is 0 Å². The average molecular weight is 242 g/mol. The Balaban J connectivity index is 4.64. The van der Waals surface area contributed by atoms with Gasteiger partial charge in [-0.15, -0.1) is 0 Å². The van der Waals surface area contributed by atoms with Crippen molar-refractivity contribution in [1.29, 1.82) is 0 Å². The number of carbonyl (C=O) groups is 2. The predicted molar refractivity (Wildman–Crippen MR) is 68.7 cm³/mol. The summed E-state index contributed by atoms with van der Waals surface area (Å²) in [6.45, 7) is 8.07. The van der Waals surface area contributed by atoms with Gasteiger partial charge in [-0.2, -0.15) is 0 Å². The molecule has 2 atom stereocenters. The molecule has 0 aliphatic rings. The predicted octanol–water partition coefficient (Wildman–Crippen LogP) is 3.36. The molecule has 0 N–H and O–H groups in total. The molecule has 2 unspecified atom stereocenters. The summed E-state index contributed by atoms with van der Waals surface area (Å²) in [4.78, 5) is 23.6. The molecule has 0 radical (unpaired) electrons. The fourth-order valence-electron chi connectivity index (χ4n) is 2.10. The van der Waals surface area contributed by atoms with E-state index < -0.39 is 0 Å². The minimum Gasteiger partial charge on any atom is -0.465 e. The van der Waals surface area contributed by atoms with Crippen molar-refractivity contribution in [3.63, 3.8) is 0 Å². The molecule has 17 heavy (non-hydrogen) atoms. The maximum atomic E-state index is 11.9. The van der Waals surface area contributed by atoms with Crippen molar-refractivity contribution in [2.75, 3.05) is 6.61 Å². The third-order valence-corrected chi connectivity index (χ3v) is 2.96. The third kappa shape index (κ3) is 5.85. The molecule has 0 bridgehead atoms. The number of ketones is 1. The molecule has 0 aliphatic heterocycles.